The Morgan fingerprint density at radius 1 is 1.15 bits per heavy atom. The molecule has 1 fully saturated rings. The van der Waals surface area contributed by atoms with E-state index in [-0.39, 0.29) is 11.9 Å². The third kappa shape index (κ3) is 4.13. The number of fused-ring (bicyclic) bond motifs is 1. The predicted octanol–water partition coefficient (Wildman–Crippen LogP) is 3.31. The number of likely N-dealkylation sites (tertiary alicyclic amines) is 1. The number of aromatic nitrogens is 3. The van der Waals surface area contributed by atoms with Crippen LogP contribution in [0.15, 0.2) is 66.0 Å². The first-order chi connectivity index (χ1) is 15.9. The number of hydrogen-bond acceptors (Lipinski definition) is 5. The summed E-state index contributed by atoms with van der Waals surface area (Å²) in [6.07, 6.45) is 7.82. The maximum Gasteiger partial charge on any atom is 0.253 e. The van der Waals surface area contributed by atoms with Crippen LogP contribution in [0.1, 0.15) is 22.3 Å². The zero-order valence-corrected chi connectivity index (χ0v) is 19.4. The van der Waals surface area contributed by atoms with E-state index in [2.05, 4.69) is 16.0 Å². The highest BCUT2D eigenvalue weighted by Crippen LogP contribution is 2.29. The molecule has 0 bridgehead atoms. The van der Waals surface area contributed by atoms with Gasteiger partial charge in [0.1, 0.15) is 6.26 Å². The minimum absolute atomic E-state index is 0.0241. The molecule has 0 spiro atoms. The van der Waals surface area contributed by atoms with Gasteiger partial charge in [0, 0.05) is 42.7 Å². The number of benzene rings is 2. The van der Waals surface area contributed by atoms with Crippen molar-refractivity contribution in [3.63, 3.8) is 0 Å². The summed E-state index contributed by atoms with van der Waals surface area (Å²) >= 11 is -1.21. The summed E-state index contributed by atoms with van der Waals surface area (Å²) in [5, 5.41) is 0.817. The molecule has 2 N–H and O–H groups in total. The van der Waals surface area contributed by atoms with Crippen molar-refractivity contribution < 1.29 is 9.35 Å². The van der Waals surface area contributed by atoms with Gasteiger partial charge in [0.2, 0.25) is 5.95 Å². The monoisotopic (exact) mass is 459 g/mol. The molecule has 1 aliphatic rings. The Balaban J connectivity index is 1.56. The molecule has 2 unspecified atom stereocenters. The molecule has 33 heavy (non-hydrogen) atoms. The lowest BCUT2D eigenvalue weighted by Crippen LogP contribution is -2.31. The van der Waals surface area contributed by atoms with Crippen LogP contribution < -0.4 is 5.73 Å². The van der Waals surface area contributed by atoms with Crippen molar-refractivity contribution in [2.24, 2.45) is 5.73 Å². The van der Waals surface area contributed by atoms with E-state index >= 15 is 0 Å². The summed E-state index contributed by atoms with van der Waals surface area (Å²) < 4.78 is 14.2. The van der Waals surface area contributed by atoms with Crippen LogP contribution in [0.3, 0.4) is 0 Å². The van der Waals surface area contributed by atoms with Gasteiger partial charge >= 0.3 is 0 Å². The van der Waals surface area contributed by atoms with Crippen LogP contribution in [0.5, 0.6) is 0 Å². The molecule has 2 aromatic heterocycles. The highest BCUT2D eigenvalue weighted by Gasteiger charge is 2.26. The van der Waals surface area contributed by atoms with E-state index in [0.29, 0.717) is 29.5 Å². The molecule has 4 aromatic rings. The second-order valence-corrected chi connectivity index (χ2v) is 9.84. The minimum atomic E-state index is -1.21. The van der Waals surface area contributed by atoms with Crippen LogP contribution in [-0.2, 0) is 11.2 Å². The summed E-state index contributed by atoms with van der Waals surface area (Å²) in [5.41, 5.74) is 10.4. The average molecular weight is 460 g/mol. The lowest BCUT2D eigenvalue weighted by molar-refractivity contribution is 0.0791. The standard InChI is InChI=1S/C25H25N5O2S/c1-16-4-3-5-17(10-16)19-12-27-25(28-13-19)30-15-23(33(2)32)21-7-6-18(11-22(21)30)24(31)29-9-8-20(26)14-29/h3-7,10-13,15,20H,8-9,14,26H2,1-2H3. The van der Waals surface area contributed by atoms with E-state index in [0.717, 1.165) is 28.5 Å². The Morgan fingerprint density at radius 2 is 1.94 bits per heavy atom. The molecule has 0 radical (unpaired) electrons. The van der Waals surface area contributed by atoms with E-state index in [1.54, 1.807) is 40.4 Å². The second kappa shape index (κ2) is 8.62. The van der Waals surface area contributed by atoms with Gasteiger partial charge in [0.05, 0.1) is 17.1 Å². The van der Waals surface area contributed by atoms with Crippen molar-refractivity contribution >= 4 is 28.0 Å². The first kappa shape index (κ1) is 21.6. The Morgan fingerprint density at radius 3 is 2.61 bits per heavy atom. The number of carbonyl (C=O) groups is 1. The molecule has 5 rings (SSSR count). The second-order valence-electron chi connectivity index (χ2n) is 8.49. The molecule has 1 amide bonds. The lowest BCUT2D eigenvalue weighted by atomic mass is 10.1. The van der Waals surface area contributed by atoms with Crippen molar-refractivity contribution in [1.29, 1.82) is 0 Å². The Hall–Kier alpha value is -3.20. The molecule has 168 valence electrons. The predicted molar refractivity (Wildman–Crippen MR) is 130 cm³/mol. The Bertz CT molecular complexity index is 1330. The molecular weight excluding hydrogens is 434 g/mol. The van der Waals surface area contributed by atoms with Gasteiger partial charge in [-0.1, -0.05) is 29.8 Å². The zero-order chi connectivity index (χ0) is 23.1. The third-order valence-electron chi connectivity index (χ3n) is 6.04. The van der Waals surface area contributed by atoms with Crippen molar-refractivity contribution in [2.45, 2.75) is 24.3 Å². The third-order valence-corrected chi connectivity index (χ3v) is 6.99. The van der Waals surface area contributed by atoms with Crippen LogP contribution in [0.4, 0.5) is 0 Å². The van der Waals surface area contributed by atoms with Gasteiger partial charge in [-0.15, -0.1) is 0 Å². The fourth-order valence-electron chi connectivity index (χ4n) is 4.30. The smallest absolute Gasteiger partial charge is 0.253 e. The number of nitrogens with zero attached hydrogens (tertiary/aromatic N) is 4. The maximum atomic E-state index is 13.0. The fourth-order valence-corrected chi connectivity index (χ4v) is 5.03. The molecular formula is C25H25N5O2S. The van der Waals surface area contributed by atoms with Gasteiger partial charge < -0.3 is 15.2 Å². The average Bonchev–Trinajstić information content (AvgIpc) is 3.42. The number of hydrogen-bond donors (Lipinski definition) is 1. The van der Waals surface area contributed by atoms with Crippen LogP contribution in [0, 0.1) is 6.92 Å². The van der Waals surface area contributed by atoms with Crippen molar-refractivity contribution in [2.75, 3.05) is 19.3 Å². The van der Waals surface area contributed by atoms with Crippen LogP contribution in [0.2, 0.25) is 0 Å². The van der Waals surface area contributed by atoms with E-state index in [9.17, 15) is 9.35 Å². The number of amides is 1. The number of aryl methyl sites for hydroxylation is 1. The highest BCUT2D eigenvalue weighted by atomic mass is 32.2. The van der Waals surface area contributed by atoms with Gasteiger partial charge in [-0.25, -0.2) is 9.97 Å². The molecule has 3 heterocycles. The minimum Gasteiger partial charge on any atom is -0.612 e. The molecule has 2 atom stereocenters. The summed E-state index contributed by atoms with van der Waals surface area (Å²) in [6.45, 7) is 3.27. The van der Waals surface area contributed by atoms with Crippen LogP contribution in [0.25, 0.3) is 28.0 Å². The van der Waals surface area contributed by atoms with E-state index in [1.165, 1.54) is 5.56 Å². The van der Waals surface area contributed by atoms with E-state index < -0.39 is 11.2 Å². The first-order valence-electron chi connectivity index (χ1n) is 10.8. The molecule has 7 nitrogen and oxygen atoms in total. The maximum absolute atomic E-state index is 13.0. The molecule has 0 saturated carbocycles. The molecule has 0 aliphatic carbocycles. The van der Waals surface area contributed by atoms with Gasteiger partial charge in [-0.3, -0.25) is 9.36 Å². The molecule has 1 saturated heterocycles. The number of rotatable bonds is 4. The summed E-state index contributed by atoms with van der Waals surface area (Å²) in [6, 6.07) is 13.7. The number of carbonyl (C=O) groups excluding carboxylic acids is 1. The van der Waals surface area contributed by atoms with Crippen LogP contribution in [-0.4, -0.2) is 55.3 Å². The fraction of sp³-hybridized carbons (Fsp3) is 0.240. The Labute approximate surface area is 195 Å². The van der Waals surface area contributed by atoms with Crippen LogP contribution >= 0.6 is 0 Å². The number of nitrogens with two attached hydrogens (primary N) is 1. The van der Waals surface area contributed by atoms with E-state index in [1.807, 2.05) is 37.3 Å². The first-order valence-corrected chi connectivity index (χ1v) is 12.4. The SMILES string of the molecule is Cc1cccc(-c2cnc(-n3cc([S+](C)[O-])c4ccc(C(=O)N5CCC(N)C5)cc43)nc2)c1. The highest BCUT2D eigenvalue weighted by molar-refractivity contribution is 7.91. The van der Waals surface area contributed by atoms with Crippen molar-refractivity contribution in [3.05, 3.63) is 72.2 Å². The zero-order valence-electron chi connectivity index (χ0n) is 18.6. The van der Waals surface area contributed by atoms with Gasteiger partial charge in [-0.2, -0.15) is 0 Å². The van der Waals surface area contributed by atoms with Gasteiger partial charge in [0.25, 0.3) is 5.91 Å². The normalized spacial score (nSPS) is 17.0. The summed E-state index contributed by atoms with van der Waals surface area (Å²) in [7, 11) is 0. The van der Waals surface area contributed by atoms with Gasteiger partial charge in [-0.05, 0) is 48.3 Å². The topological polar surface area (TPSA) is 100 Å². The largest absolute Gasteiger partial charge is 0.612 e. The van der Waals surface area contributed by atoms with E-state index in [4.69, 9.17) is 5.73 Å². The molecule has 1 aliphatic heterocycles. The van der Waals surface area contributed by atoms with Crippen molar-refractivity contribution in [3.8, 4) is 17.1 Å². The quantitative estimate of drug-likeness (QED) is 0.472. The Kier molecular flexibility index (Phi) is 5.65. The van der Waals surface area contributed by atoms with Gasteiger partial charge in [0.15, 0.2) is 4.90 Å². The summed E-state index contributed by atoms with van der Waals surface area (Å²) in [5.74, 6) is 0.411. The van der Waals surface area contributed by atoms with Crippen molar-refractivity contribution in [1.82, 2.24) is 19.4 Å². The molecule has 2 aromatic carbocycles. The summed E-state index contributed by atoms with van der Waals surface area (Å²) in [4.78, 5) is 24.6. The lowest BCUT2D eigenvalue weighted by Gasteiger charge is -2.16. The molecule has 8 heteroatoms.